The zero-order valence-electron chi connectivity index (χ0n) is 12.0. The Kier molecular flexibility index (Phi) is 5.16. The molecular weight excluding hydrogens is 365 g/mol. The zero-order valence-corrected chi connectivity index (χ0v) is 14.3. The molecule has 0 bridgehead atoms. The van der Waals surface area contributed by atoms with Crippen LogP contribution >= 0.6 is 35.6 Å². The van der Waals surface area contributed by atoms with E-state index in [0.717, 1.165) is 0 Å². The second kappa shape index (κ2) is 6.48. The summed E-state index contributed by atoms with van der Waals surface area (Å²) in [6, 6.07) is 4.90. The number of carbonyl (C=O) groups is 2. The van der Waals surface area contributed by atoms with E-state index in [9.17, 15) is 9.59 Å². The molecule has 0 saturated heterocycles. The smallest absolute Gasteiger partial charge is 0.326 e. The van der Waals surface area contributed by atoms with Crippen molar-refractivity contribution < 1.29 is 19.4 Å². The molecule has 0 aromatic heterocycles. The first-order valence-electron chi connectivity index (χ1n) is 6.97. The summed E-state index contributed by atoms with van der Waals surface area (Å²) >= 11 is 11.8. The molecule has 4 atom stereocenters. The van der Waals surface area contributed by atoms with E-state index in [1.165, 1.54) is 0 Å². The molecule has 2 saturated carbocycles. The van der Waals surface area contributed by atoms with Gasteiger partial charge >= 0.3 is 11.9 Å². The number of carbonyl (C=O) groups excluding carboxylic acids is 1. The maximum atomic E-state index is 12.3. The van der Waals surface area contributed by atoms with Gasteiger partial charge < -0.3 is 15.6 Å². The highest BCUT2D eigenvalue weighted by molar-refractivity contribution is 6.35. The van der Waals surface area contributed by atoms with Crippen LogP contribution < -0.4 is 5.73 Å². The number of hydrogen-bond donors (Lipinski definition) is 2. The van der Waals surface area contributed by atoms with Gasteiger partial charge in [-0.1, -0.05) is 29.3 Å². The number of rotatable bonds is 4. The van der Waals surface area contributed by atoms with Gasteiger partial charge in [-0.2, -0.15) is 0 Å². The lowest BCUT2D eigenvalue weighted by Crippen LogP contribution is -2.50. The van der Waals surface area contributed by atoms with Crippen molar-refractivity contribution in [3.05, 3.63) is 33.8 Å². The highest BCUT2D eigenvalue weighted by Crippen LogP contribution is 2.61. The highest BCUT2D eigenvalue weighted by atomic mass is 35.5. The van der Waals surface area contributed by atoms with Crippen LogP contribution in [0.25, 0.3) is 0 Å². The van der Waals surface area contributed by atoms with Crippen LogP contribution in [0.4, 0.5) is 0 Å². The van der Waals surface area contributed by atoms with Crippen LogP contribution in [-0.2, 0) is 20.9 Å². The Morgan fingerprint density at radius 3 is 2.65 bits per heavy atom. The third-order valence-electron chi connectivity index (χ3n) is 4.69. The second-order valence-electron chi connectivity index (χ2n) is 5.94. The van der Waals surface area contributed by atoms with E-state index in [0.29, 0.717) is 28.5 Å². The first-order chi connectivity index (χ1) is 10.3. The minimum Gasteiger partial charge on any atom is -0.481 e. The number of aliphatic carboxylic acids is 1. The maximum Gasteiger partial charge on any atom is 0.326 e. The van der Waals surface area contributed by atoms with Gasteiger partial charge in [-0.15, -0.1) is 12.4 Å². The number of esters is 1. The molecule has 0 radical (unpaired) electrons. The van der Waals surface area contributed by atoms with Crippen LogP contribution in [-0.4, -0.2) is 22.6 Å². The van der Waals surface area contributed by atoms with Crippen molar-refractivity contribution in [2.75, 3.05) is 0 Å². The SMILES string of the molecule is Cl.N[C@@]1(C(=O)OCc2ccc(Cl)cc2Cl)CC[C@H]2[C@H](C(=O)O)[C@H]21. The van der Waals surface area contributed by atoms with Gasteiger partial charge in [-0.25, -0.2) is 0 Å². The predicted molar refractivity (Wildman–Crippen MR) is 87.8 cm³/mol. The number of nitrogens with two attached hydrogens (primary N) is 1. The summed E-state index contributed by atoms with van der Waals surface area (Å²) in [5, 5.41) is 10.0. The van der Waals surface area contributed by atoms with Crippen molar-refractivity contribution in [1.29, 1.82) is 0 Å². The predicted octanol–water partition coefficient (Wildman–Crippen LogP) is 2.90. The third-order valence-corrected chi connectivity index (χ3v) is 5.28. The van der Waals surface area contributed by atoms with E-state index in [1.807, 2.05) is 0 Å². The van der Waals surface area contributed by atoms with Crippen LogP contribution in [0.15, 0.2) is 18.2 Å². The summed E-state index contributed by atoms with van der Waals surface area (Å²) < 4.78 is 5.28. The van der Waals surface area contributed by atoms with Gasteiger partial charge in [0.2, 0.25) is 0 Å². The quantitative estimate of drug-likeness (QED) is 0.784. The molecule has 126 valence electrons. The van der Waals surface area contributed by atoms with Gasteiger partial charge in [0.15, 0.2) is 0 Å². The molecule has 0 unspecified atom stereocenters. The van der Waals surface area contributed by atoms with Crippen molar-refractivity contribution in [2.24, 2.45) is 23.5 Å². The molecule has 5 nitrogen and oxygen atoms in total. The molecule has 3 rings (SSSR count). The lowest BCUT2D eigenvalue weighted by Gasteiger charge is -2.24. The molecule has 3 N–H and O–H groups in total. The molecule has 1 aromatic rings. The molecule has 0 amide bonds. The number of carboxylic acids is 1. The monoisotopic (exact) mass is 379 g/mol. The van der Waals surface area contributed by atoms with Crippen molar-refractivity contribution in [3.63, 3.8) is 0 Å². The second-order valence-corrected chi connectivity index (χ2v) is 6.79. The average Bonchev–Trinajstić information content (AvgIpc) is 3.10. The first-order valence-corrected chi connectivity index (χ1v) is 7.73. The van der Waals surface area contributed by atoms with Gasteiger partial charge in [0, 0.05) is 21.5 Å². The average molecular weight is 381 g/mol. The van der Waals surface area contributed by atoms with Crippen molar-refractivity contribution in [2.45, 2.75) is 25.0 Å². The minimum atomic E-state index is -1.20. The number of ether oxygens (including phenoxy) is 1. The molecule has 0 spiro atoms. The molecule has 0 heterocycles. The van der Waals surface area contributed by atoms with E-state index < -0.39 is 23.4 Å². The highest BCUT2D eigenvalue weighted by Gasteiger charge is 2.70. The summed E-state index contributed by atoms with van der Waals surface area (Å²) in [7, 11) is 0. The normalized spacial score (nSPS) is 31.0. The summed E-state index contributed by atoms with van der Waals surface area (Å²) in [5.74, 6) is -2.30. The Morgan fingerprint density at radius 1 is 1.39 bits per heavy atom. The van der Waals surface area contributed by atoms with Crippen molar-refractivity contribution in [3.8, 4) is 0 Å². The van der Waals surface area contributed by atoms with E-state index in [4.69, 9.17) is 38.8 Å². The molecule has 8 heteroatoms. The molecule has 23 heavy (non-hydrogen) atoms. The van der Waals surface area contributed by atoms with Crippen LogP contribution in [0, 0.1) is 17.8 Å². The molecule has 2 fully saturated rings. The number of fused-ring (bicyclic) bond motifs is 1. The fraction of sp³-hybridized carbons (Fsp3) is 0.467. The Labute approximate surface area is 149 Å². The maximum absolute atomic E-state index is 12.3. The lowest BCUT2D eigenvalue weighted by atomic mass is 9.91. The fourth-order valence-electron chi connectivity index (χ4n) is 3.50. The van der Waals surface area contributed by atoms with Gasteiger partial charge in [-0.05, 0) is 30.9 Å². The topological polar surface area (TPSA) is 89.6 Å². The van der Waals surface area contributed by atoms with E-state index in [-0.39, 0.29) is 30.8 Å². The van der Waals surface area contributed by atoms with Gasteiger partial charge in [0.05, 0.1) is 5.92 Å². The summed E-state index contributed by atoms with van der Waals surface area (Å²) in [6.45, 7) is -0.0110. The molecular formula is C15H16Cl3NO4. The van der Waals surface area contributed by atoms with Gasteiger partial charge in [0.1, 0.15) is 12.1 Å². The Morgan fingerprint density at radius 2 is 2.09 bits per heavy atom. The summed E-state index contributed by atoms with van der Waals surface area (Å²) in [5.41, 5.74) is 5.58. The Hall–Kier alpha value is -1.01. The van der Waals surface area contributed by atoms with Crippen LogP contribution in [0.5, 0.6) is 0 Å². The number of halogens is 3. The third kappa shape index (κ3) is 3.15. The molecule has 2 aliphatic rings. The minimum absolute atomic E-state index is 0. The Balaban J connectivity index is 0.00000192. The largest absolute Gasteiger partial charge is 0.481 e. The van der Waals surface area contributed by atoms with Crippen molar-refractivity contribution in [1.82, 2.24) is 0 Å². The van der Waals surface area contributed by atoms with Crippen LogP contribution in [0.1, 0.15) is 18.4 Å². The molecule has 1 aromatic carbocycles. The number of benzene rings is 1. The molecule has 2 aliphatic carbocycles. The van der Waals surface area contributed by atoms with Gasteiger partial charge in [-0.3, -0.25) is 9.59 Å². The van der Waals surface area contributed by atoms with E-state index >= 15 is 0 Å². The summed E-state index contributed by atoms with van der Waals surface area (Å²) in [4.78, 5) is 23.4. The van der Waals surface area contributed by atoms with Crippen LogP contribution in [0.2, 0.25) is 10.0 Å². The first kappa shape index (κ1) is 18.3. The standard InChI is InChI=1S/C15H15Cl2NO4.ClH/c16-8-2-1-7(10(17)5-8)6-22-14(21)15(18)4-3-9-11(12(9)15)13(19)20;/h1-2,5,9,11-12H,3-4,6,18H2,(H,19,20);1H/t9-,11-,12-,15-;/m0./s1. The fourth-order valence-corrected chi connectivity index (χ4v) is 3.96. The number of hydrogen-bond acceptors (Lipinski definition) is 4. The Bertz CT molecular complexity index is 654. The van der Waals surface area contributed by atoms with Crippen molar-refractivity contribution >= 4 is 47.5 Å². The summed E-state index contributed by atoms with van der Waals surface area (Å²) in [6.07, 6.45) is 1.11. The molecule has 0 aliphatic heterocycles. The van der Waals surface area contributed by atoms with Gasteiger partial charge in [0.25, 0.3) is 0 Å². The van der Waals surface area contributed by atoms with Crippen LogP contribution in [0.3, 0.4) is 0 Å². The van der Waals surface area contributed by atoms with E-state index in [2.05, 4.69) is 0 Å². The zero-order chi connectivity index (χ0) is 16.1. The van der Waals surface area contributed by atoms with E-state index in [1.54, 1.807) is 18.2 Å². The number of carboxylic acid groups (broad SMARTS) is 1. The lowest BCUT2D eigenvalue weighted by molar-refractivity contribution is -0.152.